The van der Waals surface area contributed by atoms with Crippen LogP contribution in [-0.2, 0) is 0 Å². The third-order valence-electron chi connectivity index (χ3n) is 4.43. The van der Waals surface area contributed by atoms with Gasteiger partial charge in [-0.1, -0.05) is 11.6 Å². The molecule has 1 aromatic carbocycles. The molecule has 0 spiro atoms. The van der Waals surface area contributed by atoms with Crippen molar-refractivity contribution in [3.8, 4) is 5.82 Å². The highest BCUT2D eigenvalue weighted by atomic mass is 35.5. The van der Waals surface area contributed by atoms with Crippen LogP contribution >= 0.6 is 11.6 Å². The summed E-state index contributed by atoms with van der Waals surface area (Å²) in [6.45, 7) is 2.29. The van der Waals surface area contributed by atoms with Crippen LogP contribution in [0, 0.1) is 5.82 Å². The van der Waals surface area contributed by atoms with Gasteiger partial charge in [0.15, 0.2) is 5.82 Å². The number of hydrogen-bond donors (Lipinski definition) is 0. The summed E-state index contributed by atoms with van der Waals surface area (Å²) in [7, 11) is 0. The summed E-state index contributed by atoms with van der Waals surface area (Å²) in [5.74, 6) is 0.807. The van der Waals surface area contributed by atoms with Gasteiger partial charge >= 0.3 is 0 Å². The van der Waals surface area contributed by atoms with Crippen molar-refractivity contribution in [2.75, 3.05) is 31.1 Å². The molecule has 4 rings (SSSR count). The third-order valence-corrected chi connectivity index (χ3v) is 4.74. The zero-order valence-corrected chi connectivity index (χ0v) is 15.1. The number of amides is 1. The van der Waals surface area contributed by atoms with Crippen LogP contribution in [0.4, 0.5) is 10.2 Å². The number of carbonyl (C=O) groups is 1. The molecule has 0 bridgehead atoms. The second-order valence-corrected chi connectivity index (χ2v) is 6.50. The number of anilines is 1. The molecule has 0 aliphatic carbocycles. The largest absolute Gasteiger partial charge is 0.353 e. The Kier molecular flexibility index (Phi) is 4.72. The Hall–Kier alpha value is -3.00. The van der Waals surface area contributed by atoms with Crippen LogP contribution in [-0.4, -0.2) is 56.7 Å². The Morgan fingerprint density at radius 1 is 1.07 bits per heavy atom. The van der Waals surface area contributed by atoms with Crippen molar-refractivity contribution < 1.29 is 9.18 Å². The lowest BCUT2D eigenvalue weighted by molar-refractivity contribution is 0.0746. The number of benzene rings is 1. The van der Waals surface area contributed by atoms with Gasteiger partial charge in [-0.25, -0.2) is 19.0 Å². The van der Waals surface area contributed by atoms with Gasteiger partial charge in [-0.2, -0.15) is 5.10 Å². The second kappa shape index (κ2) is 7.32. The fourth-order valence-corrected chi connectivity index (χ4v) is 3.26. The quantitative estimate of drug-likeness (QED) is 0.691. The second-order valence-electron chi connectivity index (χ2n) is 6.09. The van der Waals surface area contributed by atoms with Crippen molar-refractivity contribution in [1.82, 2.24) is 24.6 Å². The van der Waals surface area contributed by atoms with E-state index in [4.69, 9.17) is 11.6 Å². The molecule has 7 nitrogen and oxygen atoms in total. The Morgan fingerprint density at radius 2 is 1.85 bits per heavy atom. The summed E-state index contributed by atoms with van der Waals surface area (Å²) in [6.07, 6.45) is 5.00. The maximum absolute atomic E-state index is 13.2. The predicted octanol–water partition coefficient (Wildman–Crippen LogP) is 2.42. The Balaban J connectivity index is 1.45. The van der Waals surface area contributed by atoms with E-state index in [1.165, 1.54) is 18.5 Å². The van der Waals surface area contributed by atoms with E-state index in [0.29, 0.717) is 37.6 Å². The number of rotatable bonds is 3. The number of nitrogens with zero attached hydrogens (tertiary/aromatic N) is 6. The third kappa shape index (κ3) is 3.61. The lowest BCUT2D eigenvalue weighted by atomic mass is 10.1. The summed E-state index contributed by atoms with van der Waals surface area (Å²) in [5, 5.41) is 4.30. The van der Waals surface area contributed by atoms with E-state index in [9.17, 15) is 9.18 Å². The first-order valence-electron chi connectivity index (χ1n) is 8.43. The number of aromatic nitrogens is 4. The van der Waals surface area contributed by atoms with Crippen LogP contribution in [0.15, 0.2) is 49.1 Å². The number of hydrogen-bond acceptors (Lipinski definition) is 5. The molecule has 1 aliphatic rings. The Labute approximate surface area is 160 Å². The maximum Gasteiger partial charge on any atom is 0.255 e. The minimum absolute atomic E-state index is 0.127. The molecule has 0 N–H and O–H groups in total. The van der Waals surface area contributed by atoms with Gasteiger partial charge in [0.1, 0.15) is 18.0 Å². The predicted molar refractivity (Wildman–Crippen MR) is 98.7 cm³/mol. The molecule has 1 saturated heterocycles. The van der Waals surface area contributed by atoms with Gasteiger partial charge < -0.3 is 9.80 Å². The number of halogens is 2. The van der Waals surface area contributed by atoms with Crippen molar-refractivity contribution in [1.29, 1.82) is 0 Å². The van der Waals surface area contributed by atoms with Crippen LogP contribution in [0.25, 0.3) is 5.82 Å². The first-order valence-corrected chi connectivity index (χ1v) is 8.81. The SMILES string of the molecule is O=C(c1ccc(F)cc1Cl)N1CCN(c2cc(-n3cccn3)ncn2)CC1. The summed E-state index contributed by atoms with van der Waals surface area (Å²) in [5.41, 5.74) is 0.314. The fourth-order valence-electron chi connectivity index (χ4n) is 3.01. The zero-order chi connectivity index (χ0) is 18.8. The highest BCUT2D eigenvalue weighted by molar-refractivity contribution is 6.33. The molecule has 0 radical (unpaired) electrons. The standard InChI is InChI=1S/C18H16ClFN6O/c19-15-10-13(20)2-3-14(15)18(27)25-8-6-24(7-9-25)16-11-17(22-12-21-16)26-5-1-4-23-26/h1-5,10-12H,6-9H2. The summed E-state index contributed by atoms with van der Waals surface area (Å²) in [6, 6.07) is 7.51. The first-order chi connectivity index (χ1) is 13.1. The molecule has 1 fully saturated rings. The maximum atomic E-state index is 13.2. The molecule has 3 heterocycles. The molecule has 3 aromatic rings. The zero-order valence-electron chi connectivity index (χ0n) is 14.3. The van der Waals surface area contributed by atoms with Gasteiger partial charge in [-0.3, -0.25) is 4.79 Å². The van der Waals surface area contributed by atoms with E-state index in [2.05, 4.69) is 20.0 Å². The lowest BCUT2D eigenvalue weighted by Gasteiger charge is -2.35. The average Bonchev–Trinajstić information content (AvgIpc) is 3.23. The van der Waals surface area contributed by atoms with Crippen molar-refractivity contribution in [3.05, 3.63) is 65.5 Å². The molecule has 0 atom stereocenters. The van der Waals surface area contributed by atoms with Crippen LogP contribution < -0.4 is 4.90 Å². The minimum atomic E-state index is -0.460. The fraction of sp³-hybridized carbons (Fsp3) is 0.222. The summed E-state index contributed by atoms with van der Waals surface area (Å²) in [4.78, 5) is 25.0. The highest BCUT2D eigenvalue weighted by Crippen LogP contribution is 2.21. The van der Waals surface area contributed by atoms with Crippen LogP contribution in [0.3, 0.4) is 0 Å². The van der Waals surface area contributed by atoms with Gasteiger partial charge in [0.05, 0.1) is 10.6 Å². The Morgan fingerprint density at radius 3 is 2.56 bits per heavy atom. The van der Waals surface area contributed by atoms with Gasteiger partial charge in [0.25, 0.3) is 5.91 Å². The molecule has 2 aromatic heterocycles. The van der Waals surface area contributed by atoms with Crippen molar-refractivity contribution >= 4 is 23.3 Å². The van der Waals surface area contributed by atoms with Crippen LogP contribution in [0.2, 0.25) is 5.02 Å². The molecule has 138 valence electrons. The summed E-state index contributed by atoms with van der Waals surface area (Å²) >= 11 is 6.01. The number of piperazine rings is 1. The average molecular weight is 387 g/mol. The number of carbonyl (C=O) groups excluding carboxylic acids is 1. The highest BCUT2D eigenvalue weighted by Gasteiger charge is 2.24. The normalized spacial score (nSPS) is 14.4. The monoisotopic (exact) mass is 386 g/mol. The van der Waals surface area contributed by atoms with Gasteiger partial charge in [0.2, 0.25) is 0 Å². The lowest BCUT2D eigenvalue weighted by Crippen LogP contribution is -2.49. The van der Waals surface area contributed by atoms with Crippen molar-refractivity contribution in [3.63, 3.8) is 0 Å². The molecular weight excluding hydrogens is 371 g/mol. The van der Waals surface area contributed by atoms with Crippen molar-refractivity contribution in [2.24, 2.45) is 0 Å². The summed E-state index contributed by atoms with van der Waals surface area (Å²) < 4.78 is 14.9. The van der Waals surface area contributed by atoms with Gasteiger partial charge in [-0.15, -0.1) is 0 Å². The van der Waals surface area contributed by atoms with Gasteiger partial charge in [-0.05, 0) is 24.3 Å². The van der Waals surface area contributed by atoms with E-state index < -0.39 is 5.82 Å². The van der Waals surface area contributed by atoms with Crippen LogP contribution in [0.1, 0.15) is 10.4 Å². The van der Waals surface area contributed by atoms with E-state index in [0.717, 1.165) is 11.9 Å². The topological polar surface area (TPSA) is 67.2 Å². The molecule has 0 unspecified atom stereocenters. The van der Waals surface area contributed by atoms with E-state index >= 15 is 0 Å². The van der Waals surface area contributed by atoms with E-state index in [-0.39, 0.29) is 10.9 Å². The first kappa shape index (κ1) is 17.4. The molecule has 0 saturated carbocycles. The van der Waals surface area contributed by atoms with Gasteiger partial charge in [0, 0.05) is 44.6 Å². The molecule has 27 heavy (non-hydrogen) atoms. The molecule has 9 heteroatoms. The van der Waals surface area contributed by atoms with Crippen LogP contribution in [0.5, 0.6) is 0 Å². The minimum Gasteiger partial charge on any atom is -0.353 e. The smallest absolute Gasteiger partial charge is 0.255 e. The van der Waals surface area contributed by atoms with Crippen molar-refractivity contribution in [2.45, 2.75) is 0 Å². The molecule has 1 aliphatic heterocycles. The Bertz CT molecular complexity index is 956. The van der Waals surface area contributed by atoms with E-state index in [1.54, 1.807) is 15.8 Å². The van der Waals surface area contributed by atoms with E-state index in [1.807, 2.05) is 18.3 Å². The molecular formula is C18H16ClFN6O. The molecule has 1 amide bonds.